The van der Waals surface area contributed by atoms with Gasteiger partial charge in [0.15, 0.2) is 4.90 Å². The maximum atomic E-state index is 12.8. The van der Waals surface area contributed by atoms with Gasteiger partial charge in [0.1, 0.15) is 0 Å². The van der Waals surface area contributed by atoms with Crippen LogP contribution in [0.5, 0.6) is 0 Å². The van der Waals surface area contributed by atoms with Gasteiger partial charge in [-0.05, 0) is 44.5 Å². The molecule has 1 aromatic rings. The van der Waals surface area contributed by atoms with Crippen molar-refractivity contribution in [3.05, 3.63) is 33.3 Å². The second kappa shape index (κ2) is 8.25. The Morgan fingerprint density at radius 3 is 2.78 bits per heavy atom. The standard InChI is InChI=1S/C13H18ClN3O4S.ClH/c1-15-8-10-3-2-6-16(9-10)22(20,21)13-7-11(14)4-5-12(13)17(18)19;/h4-5,7,10,15H,2-3,6,8-9H2,1H3;1H. The smallest absolute Gasteiger partial charge is 0.289 e. The first-order valence-electron chi connectivity index (χ1n) is 6.95. The summed E-state index contributed by atoms with van der Waals surface area (Å²) in [5, 5.41) is 14.3. The van der Waals surface area contributed by atoms with Crippen molar-refractivity contribution in [1.82, 2.24) is 9.62 Å². The molecular weight excluding hydrogens is 365 g/mol. The zero-order chi connectivity index (χ0) is 16.3. The summed E-state index contributed by atoms with van der Waals surface area (Å²) in [5.41, 5.74) is -0.444. The molecule has 0 amide bonds. The molecule has 1 N–H and O–H groups in total. The van der Waals surface area contributed by atoms with Gasteiger partial charge in [0.2, 0.25) is 10.0 Å². The monoisotopic (exact) mass is 383 g/mol. The van der Waals surface area contributed by atoms with E-state index >= 15 is 0 Å². The van der Waals surface area contributed by atoms with E-state index in [1.54, 1.807) is 0 Å². The van der Waals surface area contributed by atoms with Crippen LogP contribution < -0.4 is 5.32 Å². The Bertz CT molecular complexity index is 667. The molecule has 0 saturated carbocycles. The molecule has 0 aromatic heterocycles. The lowest BCUT2D eigenvalue weighted by atomic mass is 10.00. The summed E-state index contributed by atoms with van der Waals surface area (Å²) in [5.74, 6) is 0.201. The van der Waals surface area contributed by atoms with E-state index < -0.39 is 20.6 Å². The second-order valence-corrected chi connectivity index (χ2v) is 7.64. The lowest BCUT2D eigenvalue weighted by Crippen LogP contribution is -2.42. The van der Waals surface area contributed by atoms with Crippen LogP contribution in [-0.4, -0.2) is 44.3 Å². The van der Waals surface area contributed by atoms with Crippen molar-refractivity contribution in [3.8, 4) is 0 Å². The van der Waals surface area contributed by atoms with Gasteiger partial charge < -0.3 is 5.32 Å². The van der Waals surface area contributed by atoms with Crippen molar-refractivity contribution in [2.24, 2.45) is 5.92 Å². The molecule has 2 rings (SSSR count). The van der Waals surface area contributed by atoms with E-state index in [9.17, 15) is 18.5 Å². The number of hydrogen-bond donors (Lipinski definition) is 1. The molecule has 0 spiro atoms. The summed E-state index contributed by atoms with van der Waals surface area (Å²) in [6.45, 7) is 1.43. The Hall–Kier alpha value is -0.930. The van der Waals surface area contributed by atoms with Crippen molar-refractivity contribution < 1.29 is 13.3 Å². The highest BCUT2D eigenvalue weighted by Crippen LogP contribution is 2.31. The van der Waals surface area contributed by atoms with E-state index in [4.69, 9.17) is 11.6 Å². The van der Waals surface area contributed by atoms with Crippen LogP contribution >= 0.6 is 24.0 Å². The first kappa shape index (κ1) is 20.1. The molecule has 7 nitrogen and oxygen atoms in total. The van der Waals surface area contributed by atoms with Crippen molar-refractivity contribution in [2.75, 3.05) is 26.7 Å². The third kappa shape index (κ3) is 4.54. The van der Waals surface area contributed by atoms with Crippen molar-refractivity contribution in [3.63, 3.8) is 0 Å². The lowest BCUT2D eigenvalue weighted by Gasteiger charge is -2.31. The molecule has 1 heterocycles. The molecular formula is C13H19Cl2N3O4S. The van der Waals surface area contributed by atoms with Gasteiger partial charge in [-0.15, -0.1) is 12.4 Å². The third-order valence-electron chi connectivity index (χ3n) is 3.71. The predicted molar refractivity (Wildman–Crippen MR) is 90.8 cm³/mol. The maximum absolute atomic E-state index is 12.8. The quantitative estimate of drug-likeness (QED) is 0.621. The first-order valence-corrected chi connectivity index (χ1v) is 8.76. The normalized spacial score (nSPS) is 19.1. The highest BCUT2D eigenvalue weighted by molar-refractivity contribution is 7.89. The summed E-state index contributed by atoms with van der Waals surface area (Å²) in [6, 6.07) is 3.60. The van der Waals surface area contributed by atoms with Gasteiger partial charge in [-0.1, -0.05) is 11.6 Å². The molecule has 23 heavy (non-hydrogen) atoms. The Labute approximate surface area is 146 Å². The fraction of sp³-hybridized carbons (Fsp3) is 0.538. The van der Waals surface area contributed by atoms with E-state index in [1.807, 2.05) is 7.05 Å². The molecule has 1 aromatic carbocycles. The Kier molecular flexibility index (Phi) is 7.22. The van der Waals surface area contributed by atoms with Gasteiger partial charge in [-0.25, -0.2) is 8.42 Å². The molecule has 0 aliphatic carbocycles. The Balaban J connectivity index is 0.00000264. The summed E-state index contributed by atoms with van der Waals surface area (Å²) in [6.07, 6.45) is 1.67. The number of benzene rings is 1. The molecule has 1 unspecified atom stereocenters. The van der Waals surface area contributed by atoms with Crippen LogP contribution in [0.3, 0.4) is 0 Å². The van der Waals surface area contributed by atoms with E-state index in [0.717, 1.165) is 25.0 Å². The Morgan fingerprint density at radius 1 is 1.48 bits per heavy atom. The highest BCUT2D eigenvalue weighted by Gasteiger charge is 2.34. The average Bonchev–Trinajstić information content (AvgIpc) is 2.47. The van der Waals surface area contributed by atoms with Crippen LogP contribution in [0.2, 0.25) is 5.02 Å². The molecule has 10 heteroatoms. The van der Waals surface area contributed by atoms with E-state index in [1.165, 1.54) is 10.4 Å². The topological polar surface area (TPSA) is 92.6 Å². The van der Waals surface area contributed by atoms with Crippen LogP contribution in [0.25, 0.3) is 0 Å². The van der Waals surface area contributed by atoms with Crippen molar-refractivity contribution in [1.29, 1.82) is 0 Å². The van der Waals surface area contributed by atoms with Crippen LogP contribution in [0.1, 0.15) is 12.8 Å². The van der Waals surface area contributed by atoms with Gasteiger partial charge in [-0.2, -0.15) is 4.31 Å². The largest absolute Gasteiger partial charge is 0.319 e. The number of nitro benzene ring substituents is 1. The number of nitrogens with one attached hydrogen (secondary N) is 1. The zero-order valence-electron chi connectivity index (χ0n) is 12.6. The molecule has 1 fully saturated rings. The van der Waals surface area contributed by atoms with Crippen LogP contribution in [0.4, 0.5) is 5.69 Å². The van der Waals surface area contributed by atoms with Crippen LogP contribution in [-0.2, 0) is 10.0 Å². The molecule has 1 aliphatic heterocycles. The third-order valence-corrected chi connectivity index (χ3v) is 5.84. The van der Waals surface area contributed by atoms with E-state index in [2.05, 4.69) is 5.32 Å². The number of halogens is 2. The Morgan fingerprint density at radius 2 is 2.17 bits per heavy atom. The van der Waals surface area contributed by atoms with Gasteiger partial charge in [0.05, 0.1) is 4.92 Å². The van der Waals surface area contributed by atoms with Gasteiger partial charge >= 0.3 is 0 Å². The summed E-state index contributed by atoms with van der Waals surface area (Å²) in [4.78, 5) is 10.1. The van der Waals surface area contributed by atoms with E-state index in [0.29, 0.717) is 19.6 Å². The molecule has 1 saturated heterocycles. The molecule has 1 atom stereocenters. The number of sulfonamides is 1. The second-order valence-electron chi connectivity index (χ2n) is 5.30. The summed E-state index contributed by atoms with van der Waals surface area (Å²) < 4.78 is 26.8. The number of piperidine rings is 1. The van der Waals surface area contributed by atoms with Crippen molar-refractivity contribution >= 4 is 39.7 Å². The first-order chi connectivity index (χ1) is 10.4. The number of nitrogens with zero attached hydrogens (tertiary/aromatic N) is 2. The zero-order valence-corrected chi connectivity index (χ0v) is 15.0. The molecule has 0 radical (unpaired) electrons. The summed E-state index contributed by atoms with van der Waals surface area (Å²) >= 11 is 5.83. The number of rotatable bonds is 5. The highest BCUT2D eigenvalue weighted by atomic mass is 35.5. The SMILES string of the molecule is CNCC1CCCN(S(=O)(=O)c2cc(Cl)ccc2[N+](=O)[O-])C1.Cl. The predicted octanol–water partition coefficient (Wildman–Crippen LogP) is 2.29. The van der Waals surface area contributed by atoms with Gasteiger partial charge in [0.25, 0.3) is 5.69 Å². The molecule has 0 bridgehead atoms. The van der Waals surface area contributed by atoms with Crippen LogP contribution in [0.15, 0.2) is 23.1 Å². The lowest BCUT2D eigenvalue weighted by molar-refractivity contribution is -0.387. The van der Waals surface area contributed by atoms with Crippen molar-refractivity contribution in [2.45, 2.75) is 17.7 Å². The minimum absolute atomic E-state index is 0. The minimum atomic E-state index is -3.93. The van der Waals surface area contributed by atoms with Crippen LogP contribution in [0, 0.1) is 16.0 Å². The summed E-state index contributed by atoms with van der Waals surface area (Å²) in [7, 11) is -2.12. The average molecular weight is 384 g/mol. The minimum Gasteiger partial charge on any atom is -0.319 e. The van der Waals surface area contributed by atoms with E-state index in [-0.39, 0.29) is 28.2 Å². The fourth-order valence-corrected chi connectivity index (χ4v) is 4.66. The number of hydrogen-bond acceptors (Lipinski definition) is 5. The van der Waals surface area contributed by atoms with Gasteiger partial charge in [0, 0.05) is 24.2 Å². The maximum Gasteiger partial charge on any atom is 0.289 e. The number of nitro groups is 1. The fourth-order valence-electron chi connectivity index (χ4n) is 2.68. The van der Waals surface area contributed by atoms with Gasteiger partial charge in [-0.3, -0.25) is 10.1 Å². The molecule has 130 valence electrons. The molecule has 1 aliphatic rings.